The summed E-state index contributed by atoms with van der Waals surface area (Å²) in [4.78, 5) is 22.6. The molecule has 6 nitrogen and oxygen atoms in total. The van der Waals surface area contributed by atoms with E-state index in [0.29, 0.717) is 22.4 Å². The number of ether oxygens (including phenoxy) is 1. The first kappa shape index (κ1) is 13.8. The number of nitrogens with zero attached hydrogens (tertiary/aromatic N) is 1. The predicted molar refractivity (Wildman–Crippen MR) is 78.9 cm³/mol. The minimum Gasteiger partial charge on any atom is -0.508 e. The van der Waals surface area contributed by atoms with Gasteiger partial charge in [-0.1, -0.05) is 12.1 Å². The zero-order valence-electron chi connectivity index (χ0n) is 11.6. The molecule has 0 amide bonds. The number of benzene rings is 2. The molecule has 6 heteroatoms. The van der Waals surface area contributed by atoms with Gasteiger partial charge in [-0.05, 0) is 30.2 Å². The van der Waals surface area contributed by atoms with E-state index in [1.54, 1.807) is 13.0 Å². The second-order valence-electron chi connectivity index (χ2n) is 4.93. The van der Waals surface area contributed by atoms with Crippen molar-refractivity contribution in [1.29, 1.82) is 0 Å². The number of hydrogen-bond donors (Lipinski definition) is 1. The van der Waals surface area contributed by atoms with Gasteiger partial charge in [0.05, 0.1) is 10.5 Å². The highest BCUT2D eigenvalue weighted by molar-refractivity contribution is 6.15. The maximum absolute atomic E-state index is 12.3. The molecule has 0 atom stereocenters. The summed E-state index contributed by atoms with van der Waals surface area (Å²) < 4.78 is 5.47. The molecule has 1 aliphatic rings. The number of nitro groups is 1. The monoisotopic (exact) mass is 297 g/mol. The minimum atomic E-state index is -0.504. The lowest BCUT2D eigenvalue weighted by molar-refractivity contribution is -0.384. The highest BCUT2D eigenvalue weighted by Crippen LogP contribution is 2.37. The van der Waals surface area contributed by atoms with Crippen LogP contribution in [0.4, 0.5) is 5.69 Å². The Morgan fingerprint density at radius 1 is 1.27 bits per heavy atom. The van der Waals surface area contributed by atoms with Crippen molar-refractivity contribution in [3.05, 3.63) is 69.0 Å². The third-order valence-corrected chi connectivity index (χ3v) is 3.33. The molecule has 110 valence electrons. The average molecular weight is 297 g/mol. The molecule has 0 aliphatic carbocycles. The van der Waals surface area contributed by atoms with Gasteiger partial charge in [0.2, 0.25) is 5.78 Å². The van der Waals surface area contributed by atoms with Crippen LogP contribution in [-0.4, -0.2) is 15.8 Å². The number of ketones is 1. The van der Waals surface area contributed by atoms with Crippen LogP contribution >= 0.6 is 0 Å². The Bertz CT molecular complexity index is 838. The first-order valence-electron chi connectivity index (χ1n) is 6.48. The van der Waals surface area contributed by atoms with E-state index in [2.05, 4.69) is 0 Å². The quantitative estimate of drug-likeness (QED) is 0.522. The van der Waals surface area contributed by atoms with Gasteiger partial charge in [-0.25, -0.2) is 0 Å². The van der Waals surface area contributed by atoms with Crippen LogP contribution in [-0.2, 0) is 0 Å². The van der Waals surface area contributed by atoms with Crippen molar-refractivity contribution in [1.82, 2.24) is 0 Å². The fourth-order valence-electron chi connectivity index (χ4n) is 2.37. The molecule has 0 unspecified atom stereocenters. The molecule has 0 aromatic heterocycles. The van der Waals surface area contributed by atoms with E-state index in [1.807, 2.05) is 0 Å². The number of hydrogen-bond acceptors (Lipinski definition) is 5. The highest BCUT2D eigenvalue weighted by atomic mass is 16.6. The number of Topliss-reactive ketones (excluding diaryl/α,β-unsaturated/α-hetero) is 1. The number of rotatable bonds is 2. The summed E-state index contributed by atoms with van der Waals surface area (Å²) in [5.41, 5.74) is 1.44. The van der Waals surface area contributed by atoms with Gasteiger partial charge in [0.1, 0.15) is 11.5 Å². The summed E-state index contributed by atoms with van der Waals surface area (Å²) in [6.45, 7) is 1.70. The molecule has 0 bridgehead atoms. The van der Waals surface area contributed by atoms with E-state index >= 15 is 0 Å². The summed E-state index contributed by atoms with van der Waals surface area (Å²) in [7, 11) is 0. The van der Waals surface area contributed by atoms with E-state index in [1.165, 1.54) is 36.4 Å². The van der Waals surface area contributed by atoms with Gasteiger partial charge in [-0.3, -0.25) is 14.9 Å². The second kappa shape index (κ2) is 5.00. The highest BCUT2D eigenvalue weighted by Gasteiger charge is 2.29. The standard InChI is InChI=1S/C16H11NO5/c1-9-5-12(18)8-13-15(9)16(19)14(22-13)7-10-3-2-4-11(6-10)17(20)21/h2-8,18H,1H3/b14-7+. The number of allylic oxidation sites excluding steroid dienone is 1. The number of fused-ring (bicyclic) bond motifs is 1. The van der Waals surface area contributed by atoms with Crippen molar-refractivity contribution in [3.8, 4) is 11.5 Å². The maximum Gasteiger partial charge on any atom is 0.270 e. The van der Waals surface area contributed by atoms with Crippen LogP contribution in [0.2, 0.25) is 0 Å². The molecule has 1 N–H and O–H groups in total. The predicted octanol–water partition coefficient (Wildman–Crippen LogP) is 3.23. The van der Waals surface area contributed by atoms with E-state index in [-0.39, 0.29) is 23.0 Å². The van der Waals surface area contributed by atoms with Crippen molar-refractivity contribution in [2.45, 2.75) is 6.92 Å². The fourth-order valence-corrected chi connectivity index (χ4v) is 2.37. The van der Waals surface area contributed by atoms with Gasteiger partial charge in [0.25, 0.3) is 5.69 Å². The van der Waals surface area contributed by atoms with Crippen molar-refractivity contribution in [2.24, 2.45) is 0 Å². The largest absolute Gasteiger partial charge is 0.508 e. The van der Waals surface area contributed by atoms with Gasteiger partial charge in [0, 0.05) is 18.2 Å². The first-order valence-corrected chi connectivity index (χ1v) is 6.48. The van der Waals surface area contributed by atoms with Gasteiger partial charge < -0.3 is 9.84 Å². The molecular weight excluding hydrogens is 286 g/mol. The Kier molecular flexibility index (Phi) is 3.14. The fraction of sp³-hybridized carbons (Fsp3) is 0.0625. The summed E-state index contributed by atoms with van der Waals surface area (Å²) >= 11 is 0. The second-order valence-corrected chi connectivity index (χ2v) is 4.93. The molecule has 1 aliphatic heterocycles. The molecule has 0 radical (unpaired) electrons. The van der Waals surface area contributed by atoms with Crippen LogP contribution in [0, 0.1) is 17.0 Å². The van der Waals surface area contributed by atoms with Crippen molar-refractivity contribution >= 4 is 17.5 Å². The van der Waals surface area contributed by atoms with Crippen LogP contribution in [0.25, 0.3) is 6.08 Å². The lowest BCUT2D eigenvalue weighted by Crippen LogP contribution is -1.99. The maximum atomic E-state index is 12.3. The molecule has 3 rings (SSSR count). The van der Waals surface area contributed by atoms with E-state index in [0.717, 1.165) is 0 Å². The summed E-state index contributed by atoms with van der Waals surface area (Å²) in [6.07, 6.45) is 1.45. The number of aromatic hydroxyl groups is 1. The smallest absolute Gasteiger partial charge is 0.270 e. The zero-order valence-corrected chi connectivity index (χ0v) is 11.6. The number of nitro benzene ring substituents is 1. The Hall–Kier alpha value is -3.15. The van der Waals surface area contributed by atoms with Crippen LogP contribution in [0.5, 0.6) is 11.5 Å². The van der Waals surface area contributed by atoms with Crippen molar-refractivity contribution in [2.75, 3.05) is 0 Å². The molecular formula is C16H11NO5. The van der Waals surface area contributed by atoms with E-state index < -0.39 is 4.92 Å². The summed E-state index contributed by atoms with van der Waals surface area (Å²) in [6, 6.07) is 8.76. The van der Waals surface area contributed by atoms with Crippen LogP contribution < -0.4 is 4.74 Å². The van der Waals surface area contributed by atoms with E-state index in [4.69, 9.17) is 4.74 Å². The number of non-ortho nitro benzene ring substituents is 1. The van der Waals surface area contributed by atoms with Crippen LogP contribution in [0.1, 0.15) is 21.5 Å². The molecule has 22 heavy (non-hydrogen) atoms. The number of carbonyl (C=O) groups excluding carboxylic acids is 1. The van der Waals surface area contributed by atoms with Gasteiger partial charge >= 0.3 is 0 Å². The van der Waals surface area contributed by atoms with Crippen LogP contribution in [0.3, 0.4) is 0 Å². The SMILES string of the molecule is Cc1cc(O)cc2c1C(=O)/C(=C\c1cccc([N+](=O)[O-])c1)O2. The molecule has 2 aromatic carbocycles. The van der Waals surface area contributed by atoms with Crippen molar-refractivity contribution in [3.63, 3.8) is 0 Å². The summed E-state index contributed by atoms with van der Waals surface area (Å²) in [5.74, 6) is 0.0723. The molecule has 0 fully saturated rings. The molecule has 0 saturated heterocycles. The van der Waals surface area contributed by atoms with Gasteiger partial charge in [0.15, 0.2) is 5.76 Å². The Labute approximate surface area is 125 Å². The average Bonchev–Trinajstić information content (AvgIpc) is 2.75. The lowest BCUT2D eigenvalue weighted by Gasteiger charge is -2.01. The third-order valence-electron chi connectivity index (χ3n) is 3.33. The van der Waals surface area contributed by atoms with Crippen LogP contribution in [0.15, 0.2) is 42.2 Å². The summed E-state index contributed by atoms with van der Waals surface area (Å²) in [5, 5.41) is 20.3. The minimum absolute atomic E-state index is 0.0145. The molecule has 0 saturated carbocycles. The number of phenolic OH excluding ortho intramolecular Hbond substituents is 1. The normalized spacial score (nSPS) is 14.8. The number of carbonyl (C=O) groups is 1. The zero-order chi connectivity index (χ0) is 15.9. The first-order chi connectivity index (χ1) is 10.5. The Morgan fingerprint density at radius 3 is 2.77 bits per heavy atom. The molecule has 1 heterocycles. The number of aryl methyl sites for hydroxylation is 1. The third kappa shape index (κ3) is 2.31. The Morgan fingerprint density at radius 2 is 2.05 bits per heavy atom. The van der Waals surface area contributed by atoms with E-state index in [9.17, 15) is 20.0 Å². The van der Waals surface area contributed by atoms with Crippen molar-refractivity contribution < 1.29 is 19.6 Å². The number of phenols is 1. The molecule has 2 aromatic rings. The molecule has 0 spiro atoms. The Balaban J connectivity index is 2.01. The van der Waals surface area contributed by atoms with Gasteiger partial charge in [-0.15, -0.1) is 0 Å². The lowest BCUT2D eigenvalue weighted by atomic mass is 10.0. The van der Waals surface area contributed by atoms with Gasteiger partial charge in [-0.2, -0.15) is 0 Å². The topological polar surface area (TPSA) is 89.7 Å².